The predicted octanol–water partition coefficient (Wildman–Crippen LogP) is 3.28. The molecular weight excluding hydrogens is 282 g/mol. The van der Waals surface area contributed by atoms with E-state index in [1.807, 2.05) is 18.2 Å². The van der Waals surface area contributed by atoms with Crippen LogP contribution in [0, 0.1) is 5.92 Å². The van der Waals surface area contributed by atoms with E-state index >= 15 is 0 Å². The highest BCUT2D eigenvalue weighted by Gasteiger charge is 2.29. The van der Waals surface area contributed by atoms with E-state index in [-0.39, 0.29) is 11.3 Å². The Hall–Kier alpha value is -2.04. The predicted molar refractivity (Wildman–Crippen MR) is 83.1 cm³/mol. The molecule has 0 spiro atoms. The van der Waals surface area contributed by atoms with Gasteiger partial charge >= 0.3 is 12.1 Å². The maximum atomic E-state index is 12.3. The first-order valence-electron chi connectivity index (χ1n) is 7.58. The first-order chi connectivity index (χ1) is 10.3. The molecule has 0 unspecified atom stereocenters. The van der Waals surface area contributed by atoms with Crippen molar-refractivity contribution in [1.29, 1.82) is 0 Å². The summed E-state index contributed by atoms with van der Waals surface area (Å²) in [5.74, 6) is -0.572. The number of rotatable bonds is 2. The SMILES string of the molecule is CC(C)(C)c1ccccc1OC(=O)N1CCC(C(=O)O)CC1. The minimum absolute atomic E-state index is 0.118. The average molecular weight is 305 g/mol. The third kappa shape index (κ3) is 3.78. The van der Waals surface area contributed by atoms with Crippen molar-refractivity contribution in [3.63, 3.8) is 0 Å². The highest BCUT2D eigenvalue weighted by molar-refractivity contribution is 5.73. The Morgan fingerprint density at radius 2 is 1.77 bits per heavy atom. The topological polar surface area (TPSA) is 66.8 Å². The molecule has 1 aliphatic heterocycles. The molecule has 0 atom stereocenters. The lowest BCUT2D eigenvalue weighted by Gasteiger charge is -2.30. The molecule has 0 bridgehead atoms. The van der Waals surface area contributed by atoms with Crippen LogP contribution in [-0.2, 0) is 10.2 Å². The van der Waals surface area contributed by atoms with Crippen LogP contribution < -0.4 is 4.74 Å². The fourth-order valence-corrected chi connectivity index (χ4v) is 2.64. The summed E-state index contributed by atoms with van der Waals surface area (Å²) in [5.41, 5.74) is 0.858. The Morgan fingerprint density at radius 1 is 1.18 bits per heavy atom. The number of para-hydroxylation sites is 1. The highest BCUT2D eigenvalue weighted by Crippen LogP contribution is 2.31. The van der Waals surface area contributed by atoms with Crippen molar-refractivity contribution in [2.75, 3.05) is 13.1 Å². The Morgan fingerprint density at radius 3 is 2.32 bits per heavy atom. The minimum Gasteiger partial charge on any atom is -0.481 e. The zero-order valence-electron chi connectivity index (χ0n) is 13.3. The van der Waals surface area contributed by atoms with Gasteiger partial charge in [-0.25, -0.2) is 4.79 Å². The molecule has 1 heterocycles. The molecule has 1 amide bonds. The van der Waals surface area contributed by atoms with Crippen molar-refractivity contribution in [3.8, 4) is 5.75 Å². The third-order valence-electron chi connectivity index (χ3n) is 3.99. The number of carbonyl (C=O) groups is 2. The van der Waals surface area contributed by atoms with Crippen LogP contribution in [0.5, 0.6) is 5.75 Å². The fourth-order valence-electron chi connectivity index (χ4n) is 2.64. The van der Waals surface area contributed by atoms with Crippen molar-refractivity contribution < 1.29 is 19.4 Å². The third-order valence-corrected chi connectivity index (χ3v) is 3.99. The number of carboxylic acid groups (broad SMARTS) is 1. The lowest BCUT2D eigenvalue weighted by Crippen LogP contribution is -2.41. The van der Waals surface area contributed by atoms with Gasteiger partial charge in [0, 0.05) is 18.7 Å². The van der Waals surface area contributed by atoms with Crippen LogP contribution in [0.4, 0.5) is 4.79 Å². The number of nitrogens with zero attached hydrogens (tertiary/aromatic N) is 1. The second-order valence-corrected chi connectivity index (χ2v) is 6.71. The van der Waals surface area contributed by atoms with Crippen LogP contribution in [0.3, 0.4) is 0 Å². The number of ether oxygens (including phenoxy) is 1. The Labute approximate surface area is 130 Å². The smallest absolute Gasteiger partial charge is 0.415 e. The van der Waals surface area contributed by atoms with Gasteiger partial charge in [0.05, 0.1) is 5.92 Å². The number of aliphatic carboxylic acids is 1. The molecule has 1 aromatic rings. The molecule has 1 saturated heterocycles. The van der Waals surface area contributed by atoms with Gasteiger partial charge < -0.3 is 14.7 Å². The van der Waals surface area contributed by atoms with E-state index in [9.17, 15) is 9.59 Å². The number of likely N-dealkylation sites (tertiary alicyclic amines) is 1. The summed E-state index contributed by atoms with van der Waals surface area (Å²) in [4.78, 5) is 24.8. The van der Waals surface area contributed by atoms with Crippen molar-refractivity contribution in [1.82, 2.24) is 4.90 Å². The molecular formula is C17H23NO4. The van der Waals surface area contributed by atoms with Crippen molar-refractivity contribution in [2.24, 2.45) is 5.92 Å². The lowest BCUT2D eigenvalue weighted by molar-refractivity contribution is -0.143. The standard InChI is InChI=1S/C17H23NO4/c1-17(2,3)13-6-4-5-7-14(13)22-16(21)18-10-8-12(9-11-18)15(19)20/h4-7,12H,8-11H2,1-3H3,(H,19,20). The summed E-state index contributed by atoms with van der Waals surface area (Å²) in [6.45, 7) is 7.05. The molecule has 5 heteroatoms. The van der Waals surface area contributed by atoms with Crippen LogP contribution in [-0.4, -0.2) is 35.2 Å². The number of hydrogen-bond acceptors (Lipinski definition) is 3. The molecule has 2 rings (SSSR count). The van der Waals surface area contributed by atoms with Crippen LogP contribution >= 0.6 is 0 Å². The summed E-state index contributed by atoms with van der Waals surface area (Å²) in [6.07, 6.45) is 0.553. The van der Waals surface area contributed by atoms with Gasteiger partial charge in [-0.2, -0.15) is 0 Å². The van der Waals surface area contributed by atoms with Gasteiger partial charge in [-0.15, -0.1) is 0 Å². The summed E-state index contributed by atoms with van der Waals surface area (Å²) < 4.78 is 5.55. The summed E-state index contributed by atoms with van der Waals surface area (Å²) in [6, 6.07) is 7.52. The zero-order chi connectivity index (χ0) is 16.3. The van der Waals surface area contributed by atoms with E-state index in [0.717, 1.165) is 5.56 Å². The molecule has 1 N–H and O–H groups in total. The van der Waals surface area contributed by atoms with E-state index in [0.29, 0.717) is 31.7 Å². The van der Waals surface area contributed by atoms with Gasteiger partial charge in [-0.05, 0) is 24.3 Å². The van der Waals surface area contributed by atoms with E-state index in [1.54, 1.807) is 11.0 Å². The molecule has 0 saturated carbocycles. The molecule has 0 radical (unpaired) electrons. The maximum Gasteiger partial charge on any atom is 0.415 e. The van der Waals surface area contributed by atoms with Crippen LogP contribution in [0.25, 0.3) is 0 Å². The summed E-state index contributed by atoms with van der Waals surface area (Å²) in [7, 11) is 0. The minimum atomic E-state index is -0.786. The quantitative estimate of drug-likeness (QED) is 0.910. The summed E-state index contributed by atoms with van der Waals surface area (Å²) in [5, 5.41) is 8.99. The maximum absolute atomic E-state index is 12.3. The van der Waals surface area contributed by atoms with Gasteiger partial charge in [0.25, 0.3) is 0 Å². The first kappa shape index (κ1) is 16.3. The molecule has 1 aromatic carbocycles. The lowest BCUT2D eigenvalue weighted by atomic mass is 9.86. The normalized spacial score (nSPS) is 16.4. The number of carbonyl (C=O) groups excluding carboxylic acids is 1. The molecule has 0 aromatic heterocycles. The average Bonchev–Trinajstić information content (AvgIpc) is 2.46. The molecule has 120 valence electrons. The van der Waals surface area contributed by atoms with Crippen LogP contribution in [0.15, 0.2) is 24.3 Å². The van der Waals surface area contributed by atoms with Gasteiger partial charge in [0.1, 0.15) is 5.75 Å². The summed E-state index contributed by atoms with van der Waals surface area (Å²) >= 11 is 0. The number of amides is 1. The number of benzene rings is 1. The van der Waals surface area contributed by atoms with E-state index < -0.39 is 12.1 Å². The number of piperidine rings is 1. The Kier molecular flexibility index (Phi) is 4.74. The molecule has 22 heavy (non-hydrogen) atoms. The molecule has 1 aliphatic rings. The Balaban J connectivity index is 2.03. The van der Waals surface area contributed by atoms with Gasteiger partial charge in [-0.1, -0.05) is 39.0 Å². The second kappa shape index (κ2) is 6.38. The van der Waals surface area contributed by atoms with Crippen molar-refractivity contribution in [3.05, 3.63) is 29.8 Å². The first-order valence-corrected chi connectivity index (χ1v) is 7.58. The number of carboxylic acids is 1. The Bertz CT molecular complexity index is 554. The molecule has 5 nitrogen and oxygen atoms in total. The van der Waals surface area contributed by atoms with Gasteiger partial charge in [0.15, 0.2) is 0 Å². The van der Waals surface area contributed by atoms with E-state index in [1.165, 1.54) is 0 Å². The highest BCUT2D eigenvalue weighted by atomic mass is 16.6. The van der Waals surface area contributed by atoms with Gasteiger partial charge in [-0.3, -0.25) is 4.79 Å². The molecule has 0 aliphatic carbocycles. The number of hydrogen-bond donors (Lipinski definition) is 1. The fraction of sp³-hybridized carbons (Fsp3) is 0.529. The van der Waals surface area contributed by atoms with E-state index in [2.05, 4.69) is 20.8 Å². The molecule has 1 fully saturated rings. The zero-order valence-corrected chi connectivity index (χ0v) is 13.3. The van der Waals surface area contributed by atoms with Crippen LogP contribution in [0.2, 0.25) is 0 Å². The van der Waals surface area contributed by atoms with Crippen LogP contribution in [0.1, 0.15) is 39.2 Å². The largest absolute Gasteiger partial charge is 0.481 e. The van der Waals surface area contributed by atoms with Crippen molar-refractivity contribution in [2.45, 2.75) is 39.0 Å². The second-order valence-electron chi connectivity index (χ2n) is 6.71. The van der Waals surface area contributed by atoms with Gasteiger partial charge in [0.2, 0.25) is 0 Å². The monoisotopic (exact) mass is 305 g/mol. The van der Waals surface area contributed by atoms with E-state index in [4.69, 9.17) is 9.84 Å². The van der Waals surface area contributed by atoms with Crippen molar-refractivity contribution >= 4 is 12.1 Å².